The first-order valence-electron chi connectivity index (χ1n) is 6.29. The van der Waals surface area contributed by atoms with Crippen LogP contribution in [0, 0.1) is 13.0 Å². The molecule has 1 radical (unpaired) electrons. The summed E-state index contributed by atoms with van der Waals surface area (Å²) in [5, 5.41) is 9.98. The highest BCUT2D eigenvalue weighted by Crippen LogP contribution is 2.31. The maximum atomic E-state index is 11.3. The fourth-order valence-corrected chi connectivity index (χ4v) is 2.23. The van der Waals surface area contributed by atoms with Crippen molar-refractivity contribution >= 4 is 17.4 Å². The van der Waals surface area contributed by atoms with Gasteiger partial charge in [0.2, 0.25) is 0 Å². The molecule has 0 heterocycles. The van der Waals surface area contributed by atoms with Gasteiger partial charge in [-0.05, 0) is 43.7 Å². The van der Waals surface area contributed by atoms with Crippen molar-refractivity contribution in [2.24, 2.45) is 0 Å². The molecule has 0 aromatic heterocycles. The number of aromatic hydroxyl groups is 1. The Morgan fingerprint density at radius 3 is 2.81 bits per heavy atom. The minimum absolute atomic E-state index is 0.0598. The molecule has 0 saturated carbocycles. The summed E-state index contributed by atoms with van der Waals surface area (Å²) in [5.41, 5.74) is 1.60. The molecule has 0 unspecified atom stereocenters. The van der Waals surface area contributed by atoms with Crippen molar-refractivity contribution in [3.8, 4) is 11.5 Å². The quantitative estimate of drug-likeness (QED) is 0.681. The number of hydrogen-bond donors (Lipinski definition) is 1. The Kier molecular flexibility index (Phi) is 4.65. The molecule has 0 aliphatic heterocycles. The van der Waals surface area contributed by atoms with Crippen LogP contribution < -0.4 is 4.74 Å². The van der Waals surface area contributed by atoms with Gasteiger partial charge in [-0.3, -0.25) is 4.79 Å². The molecule has 0 spiro atoms. The molecule has 107 valence electrons. The molecular weight excluding hydrogens is 288 g/mol. The second-order valence-corrected chi connectivity index (χ2v) is 5.23. The van der Waals surface area contributed by atoms with Crippen molar-refractivity contribution in [2.45, 2.75) is 25.3 Å². The number of ketones is 1. The summed E-state index contributed by atoms with van der Waals surface area (Å²) in [6.07, 6.45) is 0. The van der Waals surface area contributed by atoms with Gasteiger partial charge in [0.05, 0.1) is 5.56 Å². The van der Waals surface area contributed by atoms with Crippen LogP contribution in [0.3, 0.4) is 0 Å². The van der Waals surface area contributed by atoms with E-state index in [2.05, 4.69) is 6.07 Å². The Morgan fingerprint density at radius 1 is 1.38 bits per heavy atom. The molecular formula is C16H14O4S+. The number of hydrogen-bond acceptors (Lipinski definition) is 4. The fraction of sp³-hybridized carbons (Fsp3) is 0.188. The standard InChI is InChI=1S/C16H13O4S/c1-10-15(7-6-14(11(2)17)16(10)18)20-9-12-4-3-5-13(8-12)21-19/h4-8H,9H2,1-2H3/p+1. The highest BCUT2D eigenvalue weighted by molar-refractivity contribution is 7.65. The first kappa shape index (κ1) is 15.1. The molecule has 2 aromatic carbocycles. The third kappa shape index (κ3) is 3.44. The van der Waals surface area contributed by atoms with Crippen molar-refractivity contribution in [1.82, 2.24) is 0 Å². The van der Waals surface area contributed by atoms with Crippen LogP contribution in [-0.4, -0.2) is 10.9 Å². The molecule has 1 N–H and O–H groups in total. The lowest BCUT2D eigenvalue weighted by molar-refractivity contribution is 0.101. The molecule has 0 fully saturated rings. The molecule has 0 bridgehead atoms. The molecule has 0 atom stereocenters. The van der Waals surface area contributed by atoms with Crippen molar-refractivity contribution in [1.29, 1.82) is 0 Å². The topological polar surface area (TPSA) is 63.6 Å². The molecule has 2 rings (SSSR count). The van der Waals surface area contributed by atoms with Crippen LogP contribution in [0.2, 0.25) is 0 Å². The Labute approximate surface area is 126 Å². The van der Waals surface area contributed by atoms with Crippen LogP contribution in [0.5, 0.6) is 11.5 Å². The summed E-state index contributed by atoms with van der Waals surface area (Å²) in [4.78, 5) is 11.9. The highest BCUT2D eigenvalue weighted by Gasteiger charge is 2.13. The second-order valence-electron chi connectivity index (χ2n) is 4.59. The van der Waals surface area contributed by atoms with E-state index in [1.54, 1.807) is 31.2 Å². The highest BCUT2D eigenvalue weighted by atomic mass is 32.1. The molecule has 2 aromatic rings. The average molecular weight is 302 g/mol. The van der Waals surface area contributed by atoms with Gasteiger partial charge in [0.1, 0.15) is 18.1 Å². The minimum Gasteiger partial charge on any atom is -0.507 e. The van der Waals surface area contributed by atoms with Gasteiger partial charge in [0, 0.05) is 21.9 Å². The first-order chi connectivity index (χ1) is 10.0. The Balaban J connectivity index is 2.18. The Morgan fingerprint density at radius 2 is 2.14 bits per heavy atom. The number of phenols is 1. The average Bonchev–Trinajstić information content (AvgIpc) is 2.48. The number of ether oxygens (including phenoxy) is 1. The Hall–Kier alpha value is -2.27. The van der Waals surface area contributed by atoms with Crippen molar-refractivity contribution < 1.29 is 18.8 Å². The van der Waals surface area contributed by atoms with Crippen LogP contribution in [0.25, 0.3) is 0 Å². The van der Waals surface area contributed by atoms with E-state index in [1.165, 1.54) is 13.0 Å². The number of Topliss-reactive ketones (excluding diaryl/α,β-unsaturated/α-hetero) is 1. The SMILES string of the molecule is CC(=O)c1ccc(OCc2c[c]cc([S+]=O)c2)c(C)c1O. The van der Waals surface area contributed by atoms with Crippen molar-refractivity contribution in [3.63, 3.8) is 0 Å². The van der Waals surface area contributed by atoms with E-state index < -0.39 is 0 Å². The van der Waals surface area contributed by atoms with Gasteiger partial charge < -0.3 is 9.84 Å². The van der Waals surface area contributed by atoms with Crippen LogP contribution in [0.1, 0.15) is 28.4 Å². The third-order valence-corrected chi connectivity index (χ3v) is 3.50. The van der Waals surface area contributed by atoms with Crippen LogP contribution in [-0.2, 0) is 22.5 Å². The molecule has 0 aliphatic carbocycles. The van der Waals surface area contributed by atoms with Crippen molar-refractivity contribution in [2.75, 3.05) is 0 Å². The van der Waals surface area contributed by atoms with E-state index in [-0.39, 0.29) is 23.7 Å². The van der Waals surface area contributed by atoms with Crippen LogP contribution in [0.15, 0.2) is 35.2 Å². The summed E-state index contributed by atoms with van der Waals surface area (Å²) in [5.74, 6) is 0.241. The lowest BCUT2D eigenvalue weighted by atomic mass is 10.1. The normalized spacial score (nSPS) is 10.2. The zero-order valence-corrected chi connectivity index (χ0v) is 12.5. The predicted molar refractivity (Wildman–Crippen MR) is 78.8 cm³/mol. The fourth-order valence-electron chi connectivity index (χ4n) is 1.91. The van der Waals surface area contributed by atoms with Gasteiger partial charge in [-0.15, -0.1) is 0 Å². The molecule has 21 heavy (non-hydrogen) atoms. The number of benzene rings is 2. The van der Waals surface area contributed by atoms with E-state index in [0.717, 1.165) is 5.56 Å². The number of carbonyl (C=O) groups excluding carboxylic acids is 1. The number of carbonyl (C=O) groups is 1. The number of rotatable bonds is 5. The summed E-state index contributed by atoms with van der Waals surface area (Å²) < 4.78 is 16.4. The van der Waals surface area contributed by atoms with E-state index in [0.29, 0.717) is 27.9 Å². The maximum absolute atomic E-state index is 11.3. The van der Waals surface area contributed by atoms with Crippen LogP contribution in [0.4, 0.5) is 0 Å². The monoisotopic (exact) mass is 302 g/mol. The van der Waals surface area contributed by atoms with E-state index in [1.807, 2.05) is 0 Å². The number of phenolic OH excluding ortho intramolecular Hbond substituents is 1. The van der Waals surface area contributed by atoms with Gasteiger partial charge in [0.25, 0.3) is 4.90 Å². The van der Waals surface area contributed by atoms with Crippen LogP contribution >= 0.6 is 0 Å². The van der Waals surface area contributed by atoms with Crippen molar-refractivity contribution in [3.05, 3.63) is 53.1 Å². The molecule has 0 amide bonds. The minimum atomic E-state index is -0.197. The van der Waals surface area contributed by atoms with Gasteiger partial charge >= 0.3 is 11.7 Å². The summed E-state index contributed by atoms with van der Waals surface area (Å²) in [6.45, 7) is 3.34. The van der Waals surface area contributed by atoms with Gasteiger partial charge in [-0.1, -0.05) is 0 Å². The predicted octanol–water partition coefficient (Wildman–Crippen LogP) is 3.07. The summed E-state index contributed by atoms with van der Waals surface area (Å²) in [6, 6.07) is 11.1. The Bertz CT molecular complexity index is 695. The summed E-state index contributed by atoms with van der Waals surface area (Å²) >= 11 is 0.401. The largest absolute Gasteiger partial charge is 0.507 e. The molecule has 5 heteroatoms. The van der Waals surface area contributed by atoms with E-state index in [4.69, 9.17) is 4.74 Å². The first-order valence-corrected chi connectivity index (χ1v) is 7.03. The van der Waals surface area contributed by atoms with Gasteiger partial charge in [-0.25, -0.2) is 0 Å². The zero-order valence-electron chi connectivity index (χ0n) is 11.7. The van der Waals surface area contributed by atoms with E-state index >= 15 is 0 Å². The lowest BCUT2D eigenvalue weighted by Crippen LogP contribution is -2.00. The summed E-state index contributed by atoms with van der Waals surface area (Å²) in [7, 11) is 0. The van der Waals surface area contributed by atoms with Gasteiger partial charge in [-0.2, -0.15) is 0 Å². The molecule has 4 nitrogen and oxygen atoms in total. The smallest absolute Gasteiger partial charge is 0.505 e. The zero-order chi connectivity index (χ0) is 15.4. The lowest BCUT2D eigenvalue weighted by Gasteiger charge is -2.12. The molecule has 0 saturated heterocycles. The van der Waals surface area contributed by atoms with Gasteiger partial charge in [0.15, 0.2) is 5.78 Å². The third-order valence-electron chi connectivity index (χ3n) is 3.07. The molecule has 0 aliphatic rings. The van der Waals surface area contributed by atoms with E-state index in [9.17, 15) is 14.1 Å². The maximum Gasteiger partial charge on any atom is 0.505 e. The second kappa shape index (κ2) is 6.45.